The molecule has 6 nitrogen and oxygen atoms in total. The number of carboxylic acid groups (broad SMARTS) is 1. The molecule has 3 N–H and O–H groups in total. The number of carboxylic acids is 1. The Balaban J connectivity index is 1.67. The van der Waals surface area contributed by atoms with Gasteiger partial charge in [-0.2, -0.15) is 0 Å². The molecule has 0 saturated heterocycles. The molecule has 1 heterocycles. The van der Waals surface area contributed by atoms with Crippen molar-refractivity contribution < 1.29 is 23.8 Å². The molecule has 0 unspecified atom stereocenters. The summed E-state index contributed by atoms with van der Waals surface area (Å²) in [4.78, 5) is 26.0. The van der Waals surface area contributed by atoms with Crippen molar-refractivity contribution >= 4 is 22.8 Å². The fourth-order valence-corrected chi connectivity index (χ4v) is 3.23. The van der Waals surface area contributed by atoms with Crippen LogP contribution in [0.3, 0.4) is 0 Å². The second kappa shape index (κ2) is 8.12. The number of benzene rings is 2. The third-order valence-corrected chi connectivity index (χ3v) is 4.55. The molecule has 0 atom stereocenters. The van der Waals surface area contributed by atoms with E-state index in [1.807, 2.05) is 13.8 Å². The van der Waals surface area contributed by atoms with E-state index in [1.54, 1.807) is 24.3 Å². The van der Waals surface area contributed by atoms with Gasteiger partial charge in [-0.15, -0.1) is 0 Å². The molecule has 2 aromatic carbocycles. The van der Waals surface area contributed by atoms with E-state index in [0.29, 0.717) is 29.8 Å². The Hall–Kier alpha value is -3.35. The van der Waals surface area contributed by atoms with Gasteiger partial charge in [0.2, 0.25) is 0 Å². The fraction of sp³-hybridized carbons (Fsp3) is 0.238. The highest BCUT2D eigenvalue weighted by Crippen LogP contribution is 2.27. The Morgan fingerprint density at radius 1 is 1.21 bits per heavy atom. The van der Waals surface area contributed by atoms with E-state index in [4.69, 9.17) is 9.84 Å². The lowest BCUT2D eigenvalue weighted by Crippen LogP contribution is -2.25. The molecular formula is C21H21FN2O4. The van der Waals surface area contributed by atoms with Crippen LogP contribution in [-0.4, -0.2) is 35.1 Å². The summed E-state index contributed by atoms with van der Waals surface area (Å²) < 4.78 is 19.1. The molecule has 3 rings (SSSR count). The van der Waals surface area contributed by atoms with Gasteiger partial charge < -0.3 is 20.1 Å². The Bertz CT molecular complexity index is 1040. The molecule has 1 amide bonds. The second-order valence-electron chi connectivity index (χ2n) is 6.56. The SMILES string of the molecule is Cc1[nH]c2c(F)ccc(C)c2c1CCNC(=O)c1cccc(OCC(=O)O)c1. The van der Waals surface area contributed by atoms with Gasteiger partial charge in [0.05, 0.1) is 5.52 Å². The number of carbonyl (C=O) groups excluding carboxylic acids is 1. The number of fused-ring (bicyclic) bond motifs is 1. The molecule has 1 aromatic heterocycles. The summed E-state index contributed by atoms with van der Waals surface area (Å²) in [5, 5.41) is 12.4. The van der Waals surface area contributed by atoms with Crippen molar-refractivity contribution in [3.63, 3.8) is 0 Å². The van der Waals surface area contributed by atoms with Crippen LogP contribution in [0.25, 0.3) is 10.9 Å². The molecule has 0 radical (unpaired) electrons. The third kappa shape index (κ3) is 4.14. The van der Waals surface area contributed by atoms with Crippen LogP contribution in [-0.2, 0) is 11.2 Å². The van der Waals surface area contributed by atoms with Crippen molar-refractivity contribution in [2.75, 3.05) is 13.2 Å². The van der Waals surface area contributed by atoms with Gasteiger partial charge in [0.25, 0.3) is 5.91 Å². The van der Waals surface area contributed by atoms with Crippen LogP contribution in [0.1, 0.15) is 27.2 Å². The topological polar surface area (TPSA) is 91.4 Å². The Kier molecular flexibility index (Phi) is 5.63. The summed E-state index contributed by atoms with van der Waals surface area (Å²) in [6.07, 6.45) is 0.553. The average molecular weight is 384 g/mol. The minimum absolute atomic E-state index is 0.291. The number of aliphatic carboxylic acids is 1. The Labute approximate surface area is 161 Å². The van der Waals surface area contributed by atoms with Gasteiger partial charge in [-0.05, 0) is 55.7 Å². The number of aryl methyl sites for hydroxylation is 2. The number of aromatic amines is 1. The van der Waals surface area contributed by atoms with Gasteiger partial charge in [0.1, 0.15) is 11.6 Å². The van der Waals surface area contributed by atoms with E-state index >= 15 is 0 Å². The van der Waals surface area contributed by atoms with Crippen LogP contribution in [0.5, 0.6) is 5.75 Å². The van der Waals surface area contributed by atoms with E-state index in [-0.39, 0.29) is 11.7 Å². The molecule has 0 aliphatic carbocycles. The third-order valence-electron chi connectivity index (χ3n) is 4.55. The van der Waals surface area contributed by atoms with Gasteiger partial charge in [-0.25, -0.2) is 9.18 Å². The van der Waals surface area contributed by atoms with E-state index in [9.17, 15) is 14.0 Å². The normalized spacial score (nSPS) is 10.8. The predicted octanol–water partition coefficient (Wildman–Crippen LogP) is 3.36. The van der Waals surface area contributed by atoms with Crippen molar-refractivity contribution in [2.24, 2.45) is 0 Å². The van der Waals surface area contributed by atoms with Gasteiger partial charge in [-0.3, -0.25) is 4.79 Å². The number of nitrogens with one attached hydrogen (secondary N) is 2. The number of hydrogen-bond acceptors (Lipinski definition) is 3. The van der Waals surface area contributed by atoms with Crippen LogP contribution >= 0.6 is 0 Å². The number of hydrogen-bond donors (Lipinski definition) is 3. The van der Waals surface area contributed by atoms with Crippen molar-refractivity contribution in [3.8, 4) is 5.75 Å². The maximum atomic E-state index is 14.0. The van der Waals surface area contributed by atoms with Crippen molar-refractivity contribution in [1.29, 1.82) is 0 Å². The molecule has 0 saturated carbocycles. The molecule has 0 aliphatic heterocycles. The highest BCUT2D eigenvalue weighted by atomic mass is 19.1. The second-order valence-corrected chi connectivity index (χ2v) is 6.56. The van der Waals surface area contributed by atoms with E-state index in [2.05, 4.69) is 10.3 Å². The molecular weight excluding hydrogens is 363 g/mol. The molecule has 0 fully saturated rings. The van der Waals surface area contributed by atoms with E-state index in [1.165, 1.54) is 12.1 Å². The van der Waals surface area contributed by atoms with Crippen LogP contribution in [0.15, 0.2) is 36.4 Å². The smallest absolute Gasteiger partial charge is 0.341 e. The van der Waals surface area contributed by atoms with Crippen molar-refractivity contribution in [3.05, 3.63) is 64.6 Å². The first-order valence-corrected chi connectivity index (χ1v) is 8.86. The number of carbonyl (C=O) groups is 2. The Morgan fingerprint density at radius 2 is 2.00 bits per heavy atom. The number of amides is 1. The monoisotopic (exact) mass is 384 g/mol. The number of ether oxygens (including phenoxy) is 1. The average Bonchev–Trinajstić information content (AvgIpc) is 3.01. The number of aromatic nitrogens is 1. The Morgan fingerprint density at radius 3 is 2.75 bits per heavy atom. The lowest BCUT2D eigenvalue weighted by molar-refractivity contribution is -0.139. The minimum atomic E-state index is -1.09. The summed E-state index contributed by atoms with van der Waals surface area (Å²) in [5.41, 5.74) is 3.69. The van der Waals surface area contributed by atoms with Crippen molar-refractivity contribution in [1.82, 2.24) is 10.3 Å². The number of rotatable bonds is 7. The number of H-pyrrole nitrogens is 1. The first-order chi connectivity index (χ1) is 13.4. The molecule has 146 valence electrons. The van der Waals surface area contributed by atoms with Crippen molar-refractivity contribution in [2.45, 2.75) is 20.3 Å². The molecule has 0 aliphatic rings. The molecule has 7 heteroatoms. The lowest BCUT2D eigenvalue weighted by atomic mass is 10.0. The van der Waals surface area contributed by atoms with Crippen LogP contribution in [0.4, 0.5) is 4.39 Å². The molecule has 28 heavy (non-hydrogen) atoms. The zero-order valence-electron chi connectivity index (χ0n) is 15.6. The standard InChI is InChI=1S/C21H21FN2O4/c1-12-6-7-17(22)20-19(12)16(13(2)24-20)8-9-23-21(27)14-4-3-5-15(10-14)28-11-18(25)26/h3-7,10,24H,8-9,11H2,1-2H3,(H,23,27)(H,25,26). The van der Waals surface area contributed by atoms with Crippen LogP contribution in [0.2, 0.25) is 0 Å². The first-order valence-electron chi connectivity index (χ1n) is 8.86. The minimum Gasteiger partial charge on any atom is -0.482 e. The van der Waals surface area contributed by atoms with Gasteiger partial charge in [-0.1, -0.05) is 12.1 Å². The maximum absolute atomic E-state index is 14.0. The summed E-state index contributed by atoms with van der Waals surface area (Å²) in [5.74, 6) is -1.36. The van der Waals surface area contributed by atoms with Crippen LogP contribution < -0.4 is 10.1 Å². The molecule has 0 spiro atoms. The zero-order valence-corrected chi connectivity index (χ0v) is 15.6. The van der Waals surface area contributed by atoms with E-state index in [0.717, 1.165) is 22.2 Å². The predicted molar refractivity (Wildman–Crippen MR) is 103 cm³/mol. The fourth-order valence-electron chi connectivity index (χ4n) is 3.23. The first kappa shape index (κ1) is 19.4. The van der Waals surface area contributed by atoms with Gasteiger partial charge in [0.15, 0.2) is 6.61 Å². The number of halogens is 1. The highest BCUT2D eigenvalue weighted by Gasteiger charge is 2.14. The summed E-state index contributed by atoms with van der Waals surface area (Å²) in [6, 6.07) is 9.52. The van der Waals surface area contributed by atoms with Gasteiger partial charge >= 0.3 is 5.97 Å². The highest BCUT2D eigenvalue weighted by molar-refractivity contribution is 5.94. The summed E-state index contributed by atoms with van der Waals surface area (Å²) >= 11 is 0. The molecule has 3 aromatic rings. The van der Waals surface area contributed by atoms with E-state index < -0.39 is 12.6 Å². The quantitative estimate of drug-likeness (QED) is 0.583. The lowest BCUT2D eigenvalue weighted by Gasteiger charge is -2.08. The zero-order chi connectivity index (χ0) is 20.3. The summed E-state index contributed by atoms with van der Waals surface area (Å²) in [7, 11) is 0. The summed E-state index contributed by atoms with van der Waals surface area (Å²) in [6.45, 7) is 3.72. The molecule has 0 bridgehead atoms. The van der Waals surface area contributed by atoms with Gasteiger partial charge in [0, 0.05) is 23.2 Å². The van der Waals surface area contributed by atoms with Crippen LogP contribution in [0, 0.1) is 19.7 Å². The largest absolute Gasteiger partial charge is 0.482 e. The maximum Gasteiger partial charge on any atom is 0.341 e.